The third kappa shape index (κ3) is 2.80. The van der Waals surface area contributed by atoms with Gasteiger partial charge in [-0.25, -0.2) is 0 Å². The first-order valence-corrected chi connectivity index (χ1v) is 5.78. The van der Waals surface area contributed by atoms with Gasteiger partial charge in [-0.3, -0.25) is 9.48 Å². The third-order valence-corrected chi connectivity index (χ3v) is 2.95. The van der Waals surface area contributed by atoms with Gasteiger partial charge in [0.2, 0.25) is 0 Å². The van der Waals surface area contributed by atoms with Gasteiger partial charge in [-0.05, 0) is 12.8 Å². The van der Waals surface area contributed by atoms with E-state index in [9.17, 15) is 4.79 Å². The first kappa shape index (κ1) is 14.0. The maximum Gasteiger partial charge on any atom is 0.308 e. The number of anilines is 1. The van der Waals surface area contributed by atoms with Crippen molar-refractivity contribution in [3.05, 3.63) is 11.3 Å². The van der Waals surface area contributed by atoms with Crippen LogP contribution >= 0.6 is 0 Å². The smallest absolute Gasteiger partial charge is 0.308 e. The standard InChI is InChI=1S/C12H18N4O2/c1-7(2)10(12(17)18)6-14-11-9(5-13)8(3)15-16(11)4/h7,10,14H,6H2,1-4H3,(H,17,18). The highest BCUT2D eigenvalue weighted by Gasteiger charge is 2.22. The van der Waals surface area contributed by atoms with Crippen LogP contribution < -0.4 is 5.32 Å². The Morgan fingerprint density at radius 1 is 1.61 bits per heavy atom. The lowest BCUT2D eigenvalue weighted by Crippen LogP contribution is -2.28. The molecule has 0 aliphatic rings. The predicted molar refractivity (Wildman–Crippen MR) is 67.1 cm³/mol. The first-order chi connectivity index (χ1) is 8.38. The number of aromatic nitrogens is 2. The average molecular weight is 250 g/mol. The van der Waals surface area contributed by atoms with E-state index in [1.54, 1.807) is 18.7 Å². The Bertz CT molecular complexity index is 485. The van der Waals surface area contributed by atoms with Crippen molar-refractivity contribution in [2.45, 2.75) is 20.8 Å². The second kappa shape index (κ2) is 5.54. The minimum absolute atomic E-state index is 0.0230. The van der Waals surface area contributed by atoms with Crippen LogP contribution in [-0.4, -0.2) is 27.4 Å². The van der Waals surface area contributed by atoms with Gasteiger partial charge in [0.15, 0.2) is 0 Å². The van der Waals surface area contributed by atoms with E-state index in [1.807, 2.05) is 13.8 Å². The van der Waals surface area contributed by atoms with Crippen molar-refractivity contribution in [3.63, 3.8) is 0 Å². The van der Waals surface area contributed by atoms with Crippen molar-refractivity contribution in [1.82, 2.24) is 9.78 Å². The maximum atomic E-state index is 11.1. The molecule has 0 aliphatic heterocycles. The Morgan fingerprint density at radius 2 is 2.22 bits per heavy atom. The monoisotopic (exact) mass is 250 g/mol. The summed E-state index contributed by atoms with van der Waals surface area (Å²) in [5, 5.41) is 25.3. The number of nitriles is 1. The summed E-state index contributed by atoms with van der Waals surface area (Å²) >= 11 is 0. The fraction of sp³-hybridized carbons (Fsp3) is 0.583. The van der Waals surface area contributed by atoms with Crippen LogP contribution in [0.15, 0.2) is 0 Å². The molecule has 0 radical (unpaired) electrons. The van der Waals surface area contributed by atoms with Gasteiger partial charge in [-0.2, -0.15) is 10.4 Å². The van der Waals surface area contributed by atoms with Crippen molar-refractivity contribution >= 4 is 11.8 Å². The highest BCUT2D eigenvalue weighted by atomic mass is 16.4. The Hall–Kier alpha value is -2.03. The lowest BCUT2D eigenvalue weighted by molar-refractivity contribution is -0.142. The van der Waals surface area contributed by atoms with Crippen molar-refractivity contribution < 1.29 is 9.90 Å². The van der Waals surface area contributed by atoms with Crippen molar-refractivity contribution in [3.8, 4) is 6.07 Å². The second-order valence-electron chi connectivity index (χ2n) is 4.61. The van der Waals surface area contributed by atoms with Gasteiger partial charge in [0.05, 0.1) is 11.6 Å². The number of aliphatic carboxylic acids is 1. The summed E-state index contributed by atoms with van der Waals surface area (Å²) in [5.41, 5.74) is 1.10. The predicted octanol–water partition coefficient (Wildman–Crippen LogP) is 1.37. The summed E-state index contributed by atoms with van der Waals surface area (Å²) < 4.78 is 1.56. The van der Waals surface area contributed by atoms with Gasteiger partial charge < -0.3 is 10.4 Å². The zero-order chi connectivity index (χ0) is 13.9. The normalized spacial score (nSPS) is 12.2. The highest BCUT2D eigenvalue weighted by Crippen LogP contribution is 2.19. The van der Waals surface area contributed by atoms with E-state index in [-0.39, 0.29) is 12.5 Å². The Balaban J connectivity index is 2.86. The molecule has 0 amide bonds. The largest absolute Gasteiger partial charge is 0.481 e. The molecule has 1 heterocycles. The van der Waals surface area contributed by atoms with Crippen LogP contribution in [-0.2, 0) is 11.8 Å². The zero-order valence-corrected chi connectivity index (χ0v) is 11.1. The van der Waals surface area contributed by atoms with E-state index in [0.717, 1.165) is 0 Å². The Kier molecular flexibility index (Phi) is 4.32. The van der Waals surface area contributed by atoms with Gasteiger partial charge >= 0.3 is 5.97 Å². The molecule has 2 N–H and O–H groups in total. The number of aryl methyl sites for hydroxylation is 2. The van der Waals surface area contributed by atoms with Gasteiger partial charge in [-0.1, -0.05) is 13.8 Å². The number of carbonyl (C=O) groups is 1. The molecular weight excluding hydrogens is 232 g/mol. The lowest BCUT2D eigenvalue weighted by atomic mass is 9.96. The number of hydrogen-bond acceptors (Lipinski definition) is 4. The van der Waals surface area contributed by atoms with Crippen LogP contribution in [0.1, 0.15) is 25.1 Å². The number of carboxylic acids is 1. The molecule has 1 atom stereocenters. The summed E-state index contributed by atoms with van der Waals surface area (Å²) in [5.74, 6) is -0.738. The molecule has 6 heteroatoms. The maximum absolute atomic E-state index is 11.1. The Morgan fingerprint density at radius 3 is 2.67 bits per heavy atom. The number of rotatable bonds is 5. The number of nitrogens with zero attached hydrogens (tertiary/aromatic N) is 3. The van der Waals surface area contributed by atoms with Gasteiger partial charge in [-0.15, -0.1) is 0 Å². The molecule has 98 valence electrons. The molecule has 18 heavy (non-hydrogen) atoms. The molecule has 0 bridgehead atoms. The molecule has 0 saturated heterocycles. The fourth-order valence-corrected chi connectivity index (χ4v) is 1.81. The summed E-state index contributed by atoms with van der Waals surface area (Å²) in [4.78, 5) is 11.1. The first-order valence-electron chi connectivity index (χ1n) is 5.78. The molecule has 0 fully saturated rings. The van der Waals surface area contributed by atoms with Crippen LogP contribution in [0.25, 0.3) is 0 Å². The van der Waals surface area contributed by atoms with Crippen LogP contribution in [0, 0.1) is 30.1 Å². The van der Waals surface area contributed by atoms with Crippen LogP contribution in [0.2, 0.25) is 0 Å². The molecule has 0 aromatic carbocycles. The van der Waals surface area contributed by atoms with E-state index in [4.69, 9.17) is 10.4 Å². The molecule has 1 aromatic heterocycles. The van der Waals surface area contributed by atoms with E-state index in [1.165, 1.54) is 0 Å². The second-order valence-corrected chi connectivity index (χ2v) is 4.61. The van der Waals surface area contributed by atoms with Crippen molar-refractivity contribution in [2.24, 2.45) is 18.9 Å². The molecule has 0 spiro atoms. The number of carboxylic acid groups (broad SMARTS) is 1. The summed E-state index contributed by atoms with van der Waals surface area (Å²) in [7, 11) is 1.72. The lowest BCUT2D eigenvalue weighted by Gasteiger charge is -2.17. The minimum Gasteiger partial charge on any atom is -0.481 e. The molecular formula is C12H18N4O2. The van der Waals surface area contributed by atoms with E-state index >= 15 is 0 Å². The zero-order valence-electron chi connectivity index (χ0n) is 11.1. The van der Waals surface area contributed by atoms with Gasteiger partial charge in [0.1, 0.15) is 17.5 Å². The van der Waals surface area contributed by atoms with Crippen LogP contribution in [0.5, 0.6) is 0 Å². The fourth-order valence-electron chi connectivity index (χ4n) is 1.81. The summed E-state index contributed by atoms with van der Waals surface area (Å²) in [6.45, 7) is 5.75. The van der Waals surface area contributed by atoms with Crippen molar-refractivity contribution in [1.29, 1.82) is 5.26 Å². The average Bonchev–Trinajstić information content (AvgIpc) is 2.52. The summed E-state index contributed by atoms with van der Waals surface area (Å²) in [6, 6.07) is 2.07. The SMILES string of the molecule is Cc1nn(C)c(NCC(C(=O)O)C(C)C)c1C#N. The third-order valence-electron chi connectivity index (χ3n) is 2.95. The number of hydrogen-bond donors (Lipinski definition) is 2. The molecule has 0 saturated carbocycles. The van der Waals surface area contributed by atoms with E-state index in [0.29, 0.717) is 17.1 Å². The van der Waals surface area contributed by atoms with Gasteiger partial charge in [0, 0.05) is 13.6 Å². The number of nitrogens with one attached hydrogen (secondary N) is 1. The van der Waals surface area contributed by atoms with Crippen molar-refractivity contribution in [2.75, 3.05) is 11.9 Å². The highest BCUT2D eigenvalue weighted by molar-refractivity contribution is 5.71. The van der Waals surface area contributed by atoms with Crippen LogP contribution in [0.4, 0.5) is 5.82 Å². The van der Waals surface area contributed by atoms with E-state index < -0.39 is 11.9 Å². The molecule has 6 nitrogen and oxygen atoms in total. The summed E-state index contributed by atoms with van der Waals surface area (Å²) in [6.07, 6.45) is 0. The molecule has 1 aromatic rings. The molecule has 1 rings (SSSR count). The molecule has 0 aliphatic carbocycles. The van der Waals surface area contributed by atoms with Gasteiger partial charge in [0.25, 0.3) is 0 Å². The van der Waals surface area contributed by atoms with Crippen LogP contribution in [0.3, 0.4) is 0 Å². The quantitative estimate of drug-likeness (QED) is 0.823. The minimum atomic E-state index is -0.838. The topological polar surface area (TPSA) is 90.9 Å². The molecule has 1 unspecified atom stereocenters. The van der Waals surface area contributed by atoms with E-state index in [2.05, 4.69) is 16.5 Å². The Labute approximate surface area is 106 Å².